The molecule has 1 aromatic heterocycles. The first kappa shape index (κ1) is 11.5. The third-order valence-corrected chi connectivity index (χ3v) is 2.34. The molecule has 0 aliphatic rings. The highest BCUT2D eigenvalue weighted by molar-refractivity contribution is 6.20. The molecule has 1 rings (SSSR count). The Labute approximate surface area is 90.7 Å². The van der Waals surface area contributed by atoms with Crippen molar-refractivity contribution in [3.05, 3.63) is 18.2 Å². The first-order chi connectivity index (χ1) is 6.59. The predicted molar refractivity (Wildman–Crippen MR) is 59.7 cm³/mol. The highest BCUT2D eigenvalue weighted by Gasteiger charge is 2.05. The van der Waals surface area contributed by atoms with Crippen LogP contribution >= 0.6 is 11.6 Å². The number of halogens is 1. The predicted octanol–water partition coefficient (Wildman–Crippen LogP) is 1.52. The summed E-state index contributed by atoms with van der Waals surface area (Å²) in [6.07, 6.45) is 4.78. The lowest BCUT2D eigenvalue weighted by atomic mass is 10.3. The molecule has 0 saturated heterocycles. The normalized spacial score (nSPS) is 13.5. The molecular weight excluding hydrogens is 198 g/mol. The molecule has 14 heavy (non-hydrogen) atoms. The summed E-state index contributed by atoms with van der Waals surface area (Å²) in [5.41, 5.74) is 0. The third kappa shape index (κ3) is 3.68. The van der Waals surface area contributed by atoms with Crippen molar-refractivity contribution in [2.75, 3.05) is 20.1 Å². The zero-order valence-electron chi connectivity index (χ0n) is 9.07. The largest absolute Gasteiger partial charge is 0.338 e. The Morgan fingerprint density at radius 3 is 2.86 bits per heavy atom. The molecule has 1 aromatic rings. The van der Waals surface area contributed by atoms with Gasteiger partial charge in [0.1, 0.15) is 5.82 Å². The van der Waals surface area contributed by atoms with Crippen LogP contribution in [-0.2, 0) is 13.5 Å². The minimum atomic E-state index is 0.210. The first-order valence-corrected chi connectivity index (χ1v) is 5.32. The van der Waals surface area contributed by atoms with Crippen molar-refractivity contribution in [3.63, 3.8) is 0 Å². The molecule has 1 heterocycles. The highest BCUT2D eigenvalue weighted by Crippen LogP contribution is 2.00. The molecule has 0 N–H and O–H groups in total. The highest BCUT2D eigenvalue weighted by atomic mass is 35.5. The van der Waals surface area contributed by atoms with E-state index in [0.29, 0.717) is 0 Å². The van der Waals surface area contributed by atoms with Crippen LogP contribution in [0.2, 0.25) is 0 Å². The summed E-state index contributed by atoms with van der Waals surface area (Å²) < 4.78 is 2.05. The Hall–Kier alpha value is -0.540. The zero-order valence-corrected chi connectivity index (χ0v) is 9.83. The van der Waals surface area contributed by atoms with Gasteiger partial charge in [-0.15, -0.1) is 11.6 Å². The van der Waals surface area contributed by atoms with Gasteiger partial charge in [0.05, 0.1) is 0 Å². The van der Waals surface area contributed by atoms with Gasteiger partial charge in [0, 0.05) is 44.3 Å². The van der Waals surface area contributed by atoms with Gasteiger partial charge in [-0.05, 0) is 14.0 Å². The average Bonchev–Trinajstić information content (AvgIpc) is 2.46. The van der Waals surface area contributed by atoms with Gasteiger partial charge < -0.3 is 9.47 Å². The Kier molecular flexibility index (Phi) is 4.42. The van der Waals surface area contributed by atoms with Gasteiger partial charge in [-0.1, -0.05) is 0 Å². The average molecular weight is 216 g/mol. The smallest absolute Gasteiger partial charge is 0.109 e. The van der Waals surface area contributed by atoms with E-state index in [0.717, 1.165) is 25.3 Å². The van der Waals surface area contributed by atoms with Crippen molar-refractivity contribution in [1.29, 1.82) is 0 Å². The number of aromatic nitrogens is 2. The van der Waals surface area contributed by atoms with Crippen LogP contribution < -0.4 is 0 Å². The van der Waals surface area contributed by atoms with Crippen molar-refractivity contribution in [3.8, 4) is 0 Å². The second-order valence-electron chi connectivity index (χ2n) is 3.75. The number of hydrogen-bond donors (Lipinski definition) is 0. The summed E-state index contributed by atoms with van der Waals surface area (Å²) in [4.78, 5) is 6.50. The fourth-order valence-corrected chi connectivity index (χ4v) is 1.68. The molecule has 80 valence electrons. The zero-order chi connectivity index (χ0) is 10.6. The number of rotatable bonds is 5. The molecule has 0 fully saturated rings. The second kappa shape index (κ2) is 5.37. The van der Waals surface area contributed by atoms with Crippen LogP contribution in [0, 0.1) is 0 Å². The second-order valence-corrected chi connectivity index (χ2v) is 4.49. The number of hydrogen-bond acceptors (Lipinski definition) is 2. The van der Waals surface area contributed by atoms with E-state index in [2.05, 4.69) is 21.5 Å². The van der Waals surface area contributed by atoms with E-state index < -0.39 is 0 Å². The van der Waals surface area contributed by atoms with Crippen LogP contribution in [-0.4, -0.2) is 40.0 Å². The Bertz CT molecular complexity index is 270. The summed E-state index contributed by atoms with van der Waals surface area (Å²) >= 11 is 5.90. The van der Waals surface area contributed by atoms with Gasteiger partial charge in [-0.3, -0.25) is 0 Å². The minimum absolute atomic E-state index is 0.210. The number of nitrogens with zero attached hydrogens (tertiary/aromatic N) is 3. The van der Waals surface area contributed by atoms with Gasteiger partial charge in [0.2, 0.25) is 0 Å². The molecule has 3 nitrogen and oxygen atoms in total. The van der Waals surface area contributed by atoms with Crippen molar-refractivity contribution in [2.45, 2.75) is 18.7 Å². The molecular formula is C10H18ClN3. The fraction of sp³-hybridized carbons (Fsp3) is 0.700. The Balaban J connectivity index is 2.30. The van der Waals surface area contributed by atoms with Crippen LogP contribution in [0.3, 0.4) is 0 Å². The third-order valence-electron chi connectivity index (χ3n) is 2.20. The van der Waals surface area contributed by atoms with Crippen molar-refractivity contribution in [2.24, 2.45) is 7.05 Å². The molecule has 0 aliphatic heterocycles. The van der Waals surface area contributed by atoms with Crippen LogP contribution in [0.25, 0.3) is 0 Å². The molecule has 0 bridgehead atoms. The maximum absolute atomic E-state index is 5.90. The number of alkyl halides is 1. The Morgan fingerprint density at radius 1 is 1.64 bits per heavy atom. The summed E-state index contributed by atoms with van der Waals surface area (Å²) in [5.74, 6) is 1.12. The van der Waals surface area contributed by atoms with E-state index in [1.54, 1.807) is 0 Å². The molecule has 1 atom stereocenters. The SMILES string of the molecule is CC(Cl)CN(C)CCc1nccn1C. The topological polar surface area (TPSA) is 21.1 Å². The van der Waals surface area contributed by atoms with Gasteiger partial charge >= 0.3 is 0 Å². The first-order valence-electron chi connectivity index (χ1n) is 4.88. The molecule has 0 radical (unpaired) electrons. The molecule has 0 saturated carbocycles. The van der Waals surface area contributed by atoms with Gasteiger partial charge in [-0.25, -0.2) is 4.98 Å². The van der Waals surface area contributed by atoms with Crippen LogP contribution in [0.5, 0.6) is 0 Å². The molecule has 0 aromatic carbocycles. The van der Waals surface area contributed by atoms with E-state index in [9.17, 15) is 0 Å². The molecule has 1 unspecified atom stereocenters. The number of imidazole rings is 1. The summed E-state index contributed by atoms with van der Waals surface area (Å²) in [7, 11) is 4.11. The summed E-state index contributed by atoms with van der Waals surface area (Å²) in [6, 6.07) is 0. The van der Waals surface area contributed by atoms with Crippen molar-refractivity contribution in [1.82, 2.24) is 14.5 Å². The van der Waals surface area contributed by atoms with Crippen LogP contribution in [0.15, 0.2) is 12.4 Å². The summed E-state index contributed by atoms with van der Waals surface area (Å²) in [6.45, 7) is 3.94. The van der Waals surface area contributed by atoms with Crippen LogP contribution in [0.1, 0.15) is 12.7 Å². The monoisotopic (exact) mass is 215 g/mol. The van der Waals surface area contributed by atoms with Gasteiger partial charge in [0.25, 0.3) is 0 Å². The molecule has 0 amide bonds. The lowest BCUT2D eigenvalue weighted by molar-refractivity contribution is 0.338. The van der Waals surface area contributed by atoms with E-state index in [4.69, 9.17) is 11.6 Å². The molecule has 0 aliphatic carbocycles. The quantitative estimate of drug-likeness (QED) is 0.695. The fourth-order valence-electron chi connectivity index (χ4n) is 1.45. The lowest BCUT2D eigenvalue weighted by Gasteiger charge is -2.17. The number of aryl methyl sites for hydroxylation is 1. The van der Waals surface area contributed by atoms with Gasteiger partial charge in [0.15, 0.2) is 0 Å². The minimum Gasteiger partial charge on any atom is -0.338 e. The standard InChI is InChI=1S/C10H18ClN3/c1-9(11)8-13(2)6-4-10-12-5-7-14(10)3/h5,7,9H,4,6,8H2,1-3H3. The maximum Gasteiger partial charge on any atom is 0.109 e. The van der Waals surface area contributed by atoms with Crippen molar-refractivity contribution < 1.29 is 0 Å². The number of likely N-dealkylation sites (N-methyl/N-ethyl adjacent to an activating group) is 1. The van der Waals surface area contributed by atoms with Crippen LogP contribution in [0.4, 0.5) is 0 Å². The van der Waals surface area contributed by atoms with E-state index in [-0.39, 0.29) is 5.38 Å². The van der Waals surface area contributed by atoms with Gasteiger partial charge in [-0.2, -0.15) is 0 Å². The van der Waals surface area contributed by atoms with Crippen molar-refractivity contribution >= 4 is 11.6 Å². The maximum atomic E-state index is 5.90. The van der Waals surface area contributed by atoms with E-state index in [1.165, 1.54) is 0 Å². The Morgan fingerprint density at radius 2 is 2.36 bits per heavy atom. The summed E-state index contributed by atoms with van der Waals surface area (Å²) in [5, 5.41) is 0.210. The van der Waals surface area contributed by atoms with E-state index >= 15 is 0 Å². The molecule has 4 heteroatoms. The molecule has 0 spiro atoms. The lowest BCUT2D eigenvalue weighted by Crippen LogP contribution is -2.27. The van der Waals surface area contributed by atoms with E-state index in [1.807, 2.05) is 26.4 Å².